The van der Waals surface area contributed by atoms with E-state index in [0.29, 0.717) is 23.5 Å². The van der Waals surface area contributed by atoms with Crippen molar-refractivity contribution < 1.29 is 18.7 Å². The van der Waals surface area contributed by atoms with E-state index in [1.807, 2.05) is 23.6 Å². The van der Waals surface area contributed by atoms with Gasteiger partial charge in [-0.15, -0.1) is 11.3 Å². The highest BCUT2D eigenvalue weighted by molar-refractivity contribution is 7.12. The first-order chi connectivity index (χ1) is 13.6. The molecule has 2 aromatic heterocycles. The van der Waals surface area contributed by atoms with Gasteiger partial charge in [-0.2, -0.15) is 5.10 Å². The van der Waals surface area contributed by atoms with E-state index in [0.717, 1.165) is 10.6 Å². The number of hydrazone groups is 1. The zero-order valence-electron chi connectivity index (χ0n) is 15.2. The van der Waals surface area contributed by atoms with Crippen LogP contribution in [0.2, 0.25) is 0 Å². The largest absolute Gasteiger partial charge is 0.484 e. The third kappa shape index (κ3) is 3.75. The van der Waals surface area contributed by atoms with E-state index in [1.165, 1.54) is 11.9 Å². The molecule has 28 heavy (non-hydrogen) atoms. The van der Waals surface area contributed by atoms with Gasteiger partial charge in [-0.1, -0.05) is 6.07 Å². The number of carbonyl (C=O) groups excluding carboxylic acids is 2. The van der Waals surface area contributed by atoms with Crippen LogP contribution in [0.1, 0.15) is 40.4 Å². The number of hydrogen-bond acceptors (Lipinski definition) is 6. The van der Waals surface area contributed by atoms with Gasteiger partial charge in [0.2, 0.25) is 0 Å². The lowest BCUT2D eigenvalue weighted by Crippen LogP contribution is -2.31. The molecular weight excluding hydrogens is 376 g/mol. The molecule has 0 aliphatic carbocycles. The van der Waals surface area contributed by atoms with Gasteiger partial charge < -0.3 is 9.15 Å². The number of amides is 1. The van der Waals surface area contributed by atoms with Crippen LogP contribution in [0.3, 0.4) is 0 Å². The highest BCUT2D eigenvalue weighted by Gasteiger charge is 2.35. The Morgan fingerprint density at radius 3 is 2.68 bits per heavy atom. The third-order valence-electron chi connectivity index (χ3n) is 4.47. The zero-order valence-corrected chi connectivity index (χ0v) is 16.0. The molecule has 7 heteroatoms. The highest BCUT2D eigenvalue weighted by Crippen LogP contribution is 2.34. The quantitative estimate of drug-likeness (QED) is 0.585. The molecule has 1 aliphatic rings. The van der Waals surface area contributed by atoms with E-state index in [2.05, 4.69) is 5.10 Å². The van der Waals surface area contributed by atoms with Crippen molar-refractivity contribution in [1.29, 1.82) is 0 Å². The van der Waals surface area contributed by atoms with Gasteiger partial charge >= 0.3 is 0 Å². The van der Waals surface area contributed by atoms with Crippen molar-refractivity contribution in [1.82, 2.24) is 5.01 Å². The number of hydrogen-bond donors (Lipinski definition) is 0. The minimum atomic E-state index is -0.289. The van der Waals surface area contributed by atoms with Crippen molar-refractivity contribution in [3.63, 3.8) is 0 Å². The molecule has 6 nitrogen and oxygen atoms in total. The number of furan rings is 1. The maximum absolute atomic E-state index is 12.8. The van der Waals surface area contributed by atoms with Gasteiger partial charge in [-0.3, -0.25) is 9.59 Å². The van der Waals surface area contributed by atoms with Crippen LogP contribution < -0.4 is 4.74 Å². The lowest BCUT2D eigenvalue weighted by molar-refractivity contribution is -0.135. The lowest BCUT2D eigenvalue weighted by atomic mass is 10.1. The van der Waals surface area contributed by atoms with Crippen molar-refractivity contribution >= 4 is 28.7 Å². The molecule has 0 fully saturated rings. The van der Waals surface area contributed by atoms with E-state index in [4.69, 9.17) is 9.15 Å². The second-order valence-electron chi connectivity index (χ2n) is 6.37. The average Bonchev–Trinajstić information content (AvgIpc) is 3.46. The molecule has 0 radical (unpaired) electrons. The summed E-state index contributed by atoms with van der Waals surface area (Å²) >= 11 is 1.59. The van der Waals surface area contributed by atoms with Crippen molar-refractivity contribution in [3.05, 3.63) is 76.4 Å². The Morgan fingerprint density at radius 1 is 1.21 bits per heavy atom. The summed E-state index contributed by atoms with van der Waals surface area (Å²) in [6.45, 7) is 1.35. The van der Waals surface area contributed by atoms with Crippen molar-refractivity contribution in [3.8, 4) is 5.75 Å². The zero-order chi connectivity index (χ0) is 19.5. The molecule has 0 spiro atoms. The maximum atomic E-state index is 12.8. The Morgan fingerprint density at radius 2 is 2.04 bits per heavy atom. The molecular formula is C21H18N2O4S. The molecule has 0 bridgehead atoms. The summed E-state index contributed by atoms with van der Waals surface area (Å²) < 4.78 is 11.1. The van der Waals surface area contributed by atoms with E-state index in [1.54, 1.807) is 47.9 Å². The summed E-state index contributed by atoms with van der Waals surface area (Å²) in [7, 11) is 0. The molecule has 3 heterocycles. The molecule has 3 aromatic rings. The summed E-state index contributed by atoms with van der Waals surface area (Å²) in [4.78, 5) is 25.2. The Labute approximate surface area is 166 Å². The predicted molar refractivity (Wildman–Crippen MR) is 106 cm³/mol. The van der Waals surface area contributed by atoms with Crippen LogP contribution in [0.15, 0.2) is 69.7 Å². The predicted octanol–water partition coefficient (Wildman–Crippen LogP) is 4.30. The summed E-state index contributed by atoms with van der Waals surface area (Å²) in [5.41, 5.74) is 1.46. The van der Waals surface area contributed by atoms with Crippen LogP contribution >= 0.6 is 11.3 Å². The van der Waals surface area contributed by atoms with E-state index in [-0.39, 0.29) is 24.3 Å². The Bertz CT molecular complexity index is 992. The van der Waals surface area contributed by atoms with E-state index >= 15 is 0 Å². The van der Waals surface area contributed by atoms with E-state index in [9.17, 15) is 9.59 Å². The molecule has 142 valence electrons. The Kier molecular flexibility index (Phi) is 5.08. The fourth-order valence-corrected chi connectivity index (χ4v) is 3.75. The molecule has 1 unspecified atom stereocenters. The lowest BCUT2D eigenvalue weighted by Gasteiger charge is -2.20. The second kappa shape index (κ2) is 7.82. The SMILES string of the molecule is CC(=O)c1ccc(OCC(=O)N2N=C(c3cccs3)CC2c2ccco2)cc1. The number of Topliss-reactive ketones (excluding diaryl/α,β-unsaturated/α-hetero) is 1. The van der Waals surface area contributed by atoms with Gasteiger partial charge in [-0.25, -0.2) is 5.01 Å². The summed E-state index contributed by atoms with van der Waals surface area (Å²) in [5.74, 6) is 0.934. The van der Waals surface area contributed by atoms with Crippen LogP contribution in [0, 0.1) is 0 Å². The van der Waals surface area contributed by atoms with Crippen molar-refractivity contribution in [2.75, 3.05) is 6.61 Å². The normalized spacial score (nSPS) is 16.1. The Balaban J connectivity index is 1.49. The van der Waals surface area contributed by atoms with Crippen molar-refractivity contribution in [2.45, 2.75) is 19.4 Å². The van der Waals surface area contributed by atoms with Gasteiger partial charge in [0.15, 0.2) is 12.4 Å². The number of nitrogens with zero attached hydrogens (tertiary/aromatic N) is 2. The first-order valence-corrected chi connectivity index (χ1v) is 9.70. The van der Waals surface area contributed by atoms with Crippen LogP contribution in [-0.2, 0) is 4.79 Å². The van der Waals surface area contributed by atoms with E-state index < -0.39 is 0 Å². The topological polar surface area (TPSA) is 72.1 Å². The minimum absolute atomic E-state index is 0.0172. The summed E-state index contributed by atoms with van der Waals surface area (Å²) in [6, 6.07) is 14.0. The number of ketones is 1. The molecule has 1 amide bonds. The minimum Gasteiger partial charge on any atom is -0.484 e. The van der Waals surface area contributed by atoms with Crippen LogP contribution in [0.4, 0.5) is 0 Å². The standard InChI is InChI=1S/C21H18N2O4S/c1-14(24)15-6-8-16(9-7-15)27-13-21(25)23-18(19-4-2-10-26-19)12-17(22-23)20-5-3-11-28-20/h2-11,18H,12-13H2,1H3. The van der Waals surface area contributed by atoms with Gasteiger partial charge in [0.25, 0.3) is 5.91 Å². The number of thiophene rings is 1. The number of rotatable bonds is 6. The average molecular weight is 394 g/mol. The van der Waals surface area contributed by atoms with Crippen LogP contribution in [0.5, 0.6) is 5.75 Å². The first-order valence-electron chi connectivity index (χ1n) is 8.82. The number of benzene rings is 1. The molecule has 1 atom stereocenters. The molecule has 1 aromatic carbocycles. The van der Waals surface area contributed by atoms with Gasteiger partial charge in [-0.05, 0) is 54.8 Å². The molecule has 4 rings (SSSR count). The summed E-state index contributed by atoms with van der Waals surface area (Å²) in [6.07, 6.45) is 2.18. The smallest absolute Gasteiger partial charge is 0.281 e. The Hall–Kier alpha value is -3.19. The third-order valence-corrected chi connectivity index (χ3v) is 5.39. The monoisotopic (exact) mass is 394 g/mol. The fourth-order valence-electron chi connectivity index (χ4n) is 3.03. The van der Waals surface area contributed by atoms with Crippen LogP contribution in [0.25, 0.3) is 0 Å². The highest BCUT2D eigenvalue weighted by atomic mass is 32.1. The summed E-state index contributed by atoms with van der Waals surface area (Å²) in [5, 5.41) is 7.97. The van der Waals surface area contributed by atoms with Gasteiger partial charge in [0.1, 0.15) is 17.6 Å². The molecule has 0 N–H and O–H groups in total. The first kappa shape index (κ1) is 18.2. The van der Waals surface area contributed by atoms with Crippen LogP contribution in [-0.4, -0.2) is 29.0 Å². The van der Waals surface area contributed by atoms with Gasteiger partial charge in [0.05, 0.1) is 16.9 Å². The molecule has 0 saturated heterocycles. The van der Waals surface area contributed by atoms with Gasteiger partial charge in [0, 0.05) is 12.0 Å². The number of carbonyl (C=O) groups is 2. The number of ether oxygens (including phenoxy) is 1. The maximum Gasteiger partial charge on any atom is 0.281 e. The molecule has 0 saturated carbocycles. The molecule has 1 aliphatic heterocycles. The second-order valence-corrected chi connectivity index (χ2v) is 7.31. The fraction of sp³-hybridized carbons (Fsp3) is 0.190. The van der Waals surface area contributed by atoms with Crippen molar-refractivity contribution in [2.24, 2.45) is 5.10 Å².